The molecule has 4 aromatic rings. The summed E-state index contributed by atoms with van der Waals surface area (Å²) in [5, 5.41) is 14.5. The third-order valence-corrected chi connectivity index (χ3v) is 5.65. The van der Waals surface area contributed by atoms with Crippen LogP contribution in [-0.2, 0) is 0 Å². The lowest BCUT2D eigenvalue weighted by atomic mass is 9.95. The number of nitrogens with zero attached hydrogens (tertiary/aromatic N) is 3. The molecule has 32 heavy (non-hydrogen) atoms. The van der Waals surface area contributed by atoms with Crippen LogP contribution in [-0.4, -0.2) is 37.1 Å². The number of pyridine rings is 1. The molecule has 0 bridgehead atoms. The van der Waals surface area contributed by atoms with E-state index in [-0.39, 0.29) is 5.91 Å². The maximum absolute atomic E-state index is 12.4. The molecular weight excluding hydrogens is 406 g/mol. The summed E-state index contributed by atoms with van der Waals surface area (Å²) in [7, 11) is 0. The van der Waals surface area contributed by atoms with Crippen molar-refractivity contribution < 1.29 is 9.53 Å². The minimum Gasteiger partial charge on any atom is -0.456 e. The Morgan fingerprint density at radius 1 is 1.09 bits per heavy atom. The number of H-pyrrole nitrogens is 2. The van der Waals surface area contributed by atoms with Gasteiger partial charge in [0.25, 0.3) is 5.91 Å². The standard InChI is InChI=1S/C23H25N7O2/c1-14-13-25-23(26-14)28-22(31)15-7-9-17(10-8-15)32-18-11-12-24-20-19(18)21(30-29-20)27-16-5-3-2-4-6-16/h7-13,16H,2-6H2,1H3,(H2,24,27,29,30)(H2,25,26,28,31). The lowest BCUT2D eigenvalue weighted by Crippen LogP contribution is -2.22. The van der Waals surface area contributed by atoms with Crippen molar-refractivity contribution in [3.63, 3.8) is 0 Å². The molecule has 5 rings (SSSR count). The van der Waals surface area contributed by atoms with Crippen molar-refractivity contribution in [3.05, 3.63) is 54.0 Å². The molecule has 0 atom stereocenters. The first-order chi connectivity index (χ1) is 15.7. The third kappa shape index (κ3) is 4.27. The predicted octanol–water partition coefficient (Wildman–Crippen LogP) is 4.78. The van der Waals surface area contributed by atoms with Crippen LogP contribution in [0.1, 0.15) is 48.2 Å². The summed E-state index contributed by atoms with van der Waals surface area (Å²) in [6.07, 6.45) is 9.41. The quantitative estimate of drug-likeness (QED) is 0.349. The molecule has 9 heteroatoms. The highest BCUT2D eigenvalue weighted by atomic mass is 16.5. The Hall–Kier alpha value is -3.88. The number of aryl methyl sites for hydroxylation is 1. The van der Waals surface area contributed by atoms with Crippen molar-refractivity contribution >= 4 is 28.7 Å². The van der Waals surface area contributed by atoms with Crippen LogP contribution in [0.2, 0.25) is 0 Å². The number of amides is 1. The van der Waals surface area contributed by atoms with Crippen LogP contribution in [0.4, 0.5) is 11.8 Å². The first kappa shape index (κ1) is 20.0. The summed E-state index contributed by atoms with van der Waals surface area (Å²) >= 11 is 0. The molecule has 1 aliphatic carbocycles. The molecule has 3 heterocycles. The van der Waals surface area contributed by atoms with Crippen molar-refractivity contribution in [2.45, 2.75) is 45.1 Å². The average Bonchev–Trinajstić information content (AvgIpc) is 3.41. The van der Waals surface area contributed by atoms with E-state index in [1.807, 2.05) is 13.0 Å². The van der Waals surface area contributed by atoms with Gasteiger partial charge in [0.2, 0.25) is 5.95 Å². The molecule has 164 valence electrons. The Bertz CT molecular complexity index is 1220. The number of rotatable bonds is 6. The summed E-state index contributed by atoms with van der Waals surface area (Å²) in [5.74, 6) is 2.22. The van der Waals surface area contributed by atoms with E-state index in [4.69, 9.17) is 4.74 Å². The number of aromatic nitrogens is 5. The minimum atomic E-state index is -0.244. The summed E-state index contributed by atoms with van der Waals surface area (Å²) in [6, 6.07) is 9.21. The van der Waals surface area contributed by atoms with Gasteiger partial charge in [-0.1, -0.05) is 19.3 Å². The fourth-order valence-corrected chi connectivity index (χ4v) is 4.01. The van der Waals surface area contributed by atoms with Crippen molar-refractivity contribution in [1.29, 1.82) is 0 Å². The number of nitrogens with one attached hydrogen (secondary N) is 4. The molecule has 0 spiro atoms. The number of carbonyl (C=O) groups is 1. The van der Waals surface area contributed by atoms with Gasteiger partial charge in [-0.25, -0.2) is 9.97 Å². The monoisotopic (exact) mass is 431 g/mol. The van der Waals surface area contributed by atoms with Gasteiger partial charge in [0.15, 0.2) is 11.5 Å². The number of benzene rings is 1. The fourth-order valence-electron chi connectivity index (χ4n) is 4.01. The summed E-state index contributed by atoms with van der Waals surface area (Å²) in [6.45, 7) is 1.88. The molecule has 0 unspecified atom stereocenters. The molecule has 4 N–H and O–H groups in total. The largest absolute Gasteiger partial charge is 0.456 e. The number of fused-ring (bicyclic) bond motifs is 1. The van der Waals surface area contributed by atoms with Gasteiger partial charge in [0, 0.05) is 35.8 Å². The van der Waals surface area contributed by atoms with E-state index in [0.29, 0.717) is 34.7 Å². The second kappa shape index (κ2) is 8.70. The van der Waals surface area contributed by atoms with E-state index in [9.17, 15) is 4.79 Å². The van der Waals surface area contributed by atoms with Gasteiger partial charge < -0.3 is 15.0 Å². The smallest absolute Gasteiger partial charge is 0.257 e. The van der Waals surface area contributed by atoms with E-state index in [1.165, 1.54) is 19.3 Å². The summed E-state index contributed by atoms with van der Waals surface area (Å²) < 4.78 is 6.15. The van der Waals surface area contributed by atoms with Crippen LogP contribution in [0, 0.1) is 6.92 Å². The van der Waals surface area contributed by atoms with Crippen LogP contribution in [0.25, 0.3) is 11.0 Å². The number of imidazole rings is 1. The maximum atomic E-state index is 12.4. The molecule has 1 amide bonds. The molecule has 3 aromatic heterocycles. The average molecular weight is 432 g/mol. The van der Waals surface area contributed by atoms with Crippen LogP contribution in [0.15, 0.2) is 42.7 Å². The van der Waals surface area contributed by atoms with Crippen LogP contribution < -0.4 is 15.4 Å². The van der Waals surface area contributed by atoms with Gasteiger partial charge in [-0.05, 0) is 44.0 Å². The van der Waals surface area contributed by atoms with Gasteiger partial charge in [-0.3, -0.25) is 15.2 Å². The van der Waals surface area contributed by atoms with E-state index < -0.39 is 0 Å². The number of anilines is 2. The van der Waals surface area contributed by atoms with E-state index >= 15 is 0 Å². The molecular formula is C23H25N7O2. The third-order valence-electron chi connectivity index (χ3n) is 5.65. The molecule has 1 saturated carbocycles. The highest BCUT2D eigenvalue weighted by Gasteiger charge is 2.19. The van der Waals surface area contributed by atoms with Crippen LogP contribution in [0.3, 0.4) is 0 Å². The molecule has 1 aromatic carbocycles. The van der Waals surface area contributed by atoms with Crippen molar-refractivity contribution in [2.75, 3.05) is 10.6 Å². The van der Waals surface area contributed by atoms with Crippen molar-refractivity contribution in [1.82, 2.24) is 25.1 Å². The zero-order valence-corrected chi connectivity index (χ0v) is 17.8. The Balaban J connectivity index is 1.32. The highest BCUT2D eigenvalue weighted by molar-refractivity contribution is 6.03. The Kier molecular flexibility index (Phi) is 5.45. The highest BCUT2D eigenvalue weighted by Crippen LogP contribution is 2.34. The van der Waals surface area contributed by atoms with Crippen LogP contribution in [0.5, 0.6) is 11.5 Å². The maximum Gasteiger partial charge on any atom is 0.257 e. The normalized spacial score (nSPS) is 14.4. The molecule has 9 nitrogen and oxygen atoms in total. The Morgan fingerprint density at radius 2 is 1.91 bits per heavy atom. The minimum absolute atomic E-state index is 0.244. The van der Waals surface area contributed by atoms with Gasteiger partial charge in [0.05, 0.1) is 0 Å². The summed E-state index contributed by atoms with van der Waals surface area (Å²) in [4.78, 5) is 23.9. The molecule has 0 radical (unpaired) electrons. The topological polar surface area (TPSA) is 121 Å². The first-order valence-corrected chi connectivity index (χ1v) is 10.9. The number of aromatic amines is 2. The lowest BCUT2D eigenvalue weighted by molar-refractivity contribution is 0.102. The van der Waals surface area contributed by atoms with Crippen molar-refractivity contribution in [2.24, 2.45) is 0 Å². The zero-order valence-electron chi connectivity index (χ0n) is 17.8. The second-order valence-corrected chi connectivity index (χ2v) is 8.08. The number of hydrogen-bond donors (Lipinski definition) is 4. The van der Waals surface area contributed by atoms with E-state index in [2.05, 4.69) is 35.8 Å². The Labute approximate surface area is 185 Å². The molecule has 1 aliphatic rings. The van der Waals surface area contributed by atoms with Gasteiger partial charge in [-0.15, -0.1) is 0 Å². The van der Waals surface area contributed by atoms with Gasteiger partial charge in [0.1, 0.15) is 16.9 Å². The first-order valence-electron chi connectivity index (χ1n) is 10.9. The fraction of sp³-hybridized carbons (Fsp3) is 0.304. The predicted molar refractivity (Wildman–Crippen MR) is 122 cm³/mol. The number of ether oxygens (including phenoxy) is 1. The van der Waals surface area contributed by atoms with Crippen molar-refractivity contribution in [3.8, 4) is 11.5 Å². The number of carbonyl (C=O) groups excluding carboxylic acids is 1. The SMILES string of the molecule is Cc1cnc(NC(=O)c2ccc(Oc3ccnc4[nH]nc(NC5CCCCC5)c34)cc2)[nH]1. The second-order valence-electron chi connectivity index (χ2n) is 8.08. The van der Waals surface area contributed by atoms with E-state index in [0.717, 1.165) is 29.7 Å². The van der Waals surface area contributed by atoms with Crippen LogP contribution >= 0.6 is 0 Å². The number of hydrogen-bond acceptors (Lipinski definition) is 6. The molecule has 0 aliphatic heterocycles. The van der Waals surface area contributed by atoms with Gasteiger partial charge in [-0.2, -0.15) is 5.10 Å². The molecule has 0 saturated heterocycles. The van der Waals surface area contributed by atoms with E-state index in [1.54, 1.807) is 36.7 Å². The zero-order chi connectivity index (χ0) is 21.9. The Morgan fingerprint density at radius 3 is 2.66 bits per heavy atom. The van der Waals surface area contributed by atoms with Gasteiger partial charge >= 0.3 is 0 Å². The lowest BCUT2D eigenvalue weighted by Gasteiger charge is -2.22. The summed E-state index contributed by atoms with van der Waals surface area (Å²) in [5.41, 5.74) is 2.06. The molecule has 1 fully saturated rings.